The highest BCUT2D eigenvalue weighted by molar-refractivity contribution is 5.94. The van der Waals surface area contributed by atoms with Crippen molar-refractivity contribution in [3.05, 3.63) is 36.2 Å². The van der Waals surface area contributed by atoms with E-state index in [0.29, 0.717) is 36.8 Å². The Bertz CT molecular complexity index is 1240. The fraction of sp³-hybridized carbons (Fsp3) is 0.458. The van der Waals surface area contributed by atoms with Gasteiger partial charge in [0.2, 0.25) is 0 Å². The van der Waals surface area contributed by atoms with Gasteiger partial charge < -0.3 is 30.3 Å². The number of rotatable bonds is 2. The van der Waals surface area contributed by atoms with Gasteiger partial charge >= 0.3 is 6.03 Å². The number of hydrogen-bond acceptors (Lipinski definition) is 8. The molecule has 4 heterocycles. The Morgan fingerprint density at radius 2 is 2.12 bits per heavy atom. The van der Waals surface area contributed by atoms with Crippen molar-refractivity contribution in [1.82, 2.24) is 19.9 Å². The van der Waals surface area contributed by atoms with Crippen molar-refractivity contribution in [3.8, 4) is 0 Å². The van der Waals surface area contributed by atoms with E-state index in [1.165, 1.54) is 10.9 Å². The average molecular weight is 464 g/mol. The van der Waals surface area contributed by atoms with Crippen LogP contribution in [0.2, 0.25) is 0 Å². The number of fused-ring (bicyclic) bond motifs is 4. The molecule has 10 nitrogen and oxygen atoms in total. The molecule has 0 unspecified atom stereocenters. The molecule has 3 atom stereocenters. The number of benzene rings is 1. The molecule has 178 valence electrons. The van der Waals surface area contributed by atoms with Gasteiger partial charge in [-0.25, -0.2) is 19.3 Å². The molecule has 3 aliphatic rings. The van der Waals surface area contributed by atoms with Gasteiger partial charge in [0.05, 0.1) is 37.7 Å². The first kappa shape index (κ1) is 21.2. The van der Waals surface area contributed by atoms with Crippen molar-refractivity contribution >= 4 is 40.1 Å². The highest BCUT2D eigenvalue weighted by Gasteiger charge is 2.34. The summed E-state index contributed by atoms with van der Waals surface area (Å²) in [5, 5.41) is 9.73. The van der Waals surface area contributed by atoms with Crippen molar-refractivity contribution in [3.63, 3.8) is 0 Å². The van der Waals surface area contributed by atoms with E-state index in [9.17, 15) is 4.79 Å². The highest BCUT2D eigenvalue weighted by atomic mass is 16.5. The molecule has 10 heteroatoms. The van der Waals surface area contributed by atoms with E-state index in [0.717, 1.165) is 42.0 Å². The number of aromatic nitrogens is 3. The van der Waals surface area contributed by atoms with E-state index in [1.54, 1.807) is 0 Å². The van der Waals surface area contributed by atoms with Crippen LogP contribution in [0.15, 0.2) is 30.6 Å². The second kappa shape index (κ2) is 8.44. The molecule has 1 saturated heterocycles. The van der Waals surface area contributed by atoms with Crippen LogP contribution in [-0.4, -0.2) is 65.6 Å². The summed E-state index contributed by atoms with van der Waals surface area (Å²) in [6.45, 7) is 4.92. The van der Waals surface area contributed by atoms with Crippen LogP contribution in [0.3, 0.4) is 0 Å². The second-order valence-corrected chi connectivity index (χ2v) is 9.21. The van der Waals surface area contributed by atoms with Crippen molar-refractivity contribution in [2.45, 2.75) is 44.6 Å². The number of carbonyl (C=O) groups excluding carboxylic acids is 1. The lowest BCUT2D eigenvalue weighted by molar-refractivity contribution is -0.0323. The van der Waals surface area contributed by atoms with Gasteiger partial charge in [0, 0.05) is 37.1 Å². The van der Waals surface area contributed by atoms with Crippen LogP contribution in [0.5, 0.6) is 0 Å². The first-order valence-corrected chi connectivity index (χ1v) is 11.8. The van der Waals surface area contributed by atoms with Crippen LogP contribution in [0.25, 0.3) is 11.2 Å². The second-order valence-electron chi connectivity index (χ2n) is 9.21. The van der Waals surface area contributed by atoms with Gasteiger partial charge in [0.15, 0.2) is 5.65 Å². The fourth-order valence-electron chi connectivity index (χ4n) is 4.91. The lowest BCUT2D eigenvalue weighted by Gasteiger charge is -2.37. The number of imidazole rings is 1. The Hall–Kier alpha value is -3.37. The van der Waals surface area contributed by atoms with E-state index in [2.05, 4.69) is 51.0 Å². The smallest absolute Gasteiger partial charge is 0.328 e. The summed E-state index contributed by atoms with van der Waals surface area (Å²) in [7, 11) is 1.84. The van der Waals surface area contributed by atoms with Gasteiger partial charge in [-0.15, -0.1) is 0 Å². The Labute approximate surface area is 197 Å². The molecule has 2 aromatic heterocycles. The van der Waals surface area contributed by atoms with Crippen molar-refractivity contribution in [2.75, 3.05) is 42.3 Å². The van der Waals surface area contributed by atoms with Crippen LogP contribution >= 0.6 is 0 Å². The van der Waals surface area contributed by atoms with Gasteiger partial charge in [-0.05, 0) is 43.5 Å². The zero-order valence-electron chi connectivity index (χ0n) is 19.4. The lowest BCUT2D eigenvalue weighted by atomic mass is 9.89. The number of pyridine rings is 1. The predicted molar refractivity (Wildman–Crippen MR) is 130 cm³/mol. The standard InChI is InChI=1S/C24H29N7O3/c1-14-11-33-6-5-30(14)17-8-15-7-16(9-17)27-21-10-19(25-2)22-23(29-21)31(13-26-22)24(32)28-18-3-4-20(18)34-12-15/h7-10,13-14,18,20H,3-6,11-12H2,1-2H3,(H,28,32)(H2,25,27,29)/t14-,18+,20+/m0/s1. The average Bonchev–Trinajstić information content (AvgIpc) is 3.25. The number of nitrogens with one attached hydrogen (secondary N) is 3. The number of carbonyl (C=O) groups is 1. The van der Waals surface area contributed by atoms with Gasteiger partial charge in [-0.3, -0.25) is 0 Å². The van der Waals surface area contributed by atoms with Crippen LogP contribution in [-0.2, 0) is 16.1 Å². The van der Waals surface area contributed by atoms with Gasteiger partial charge in [0.25, 0.3) is 0 Å². The van der Waals surface area contributed by atoms with Gasteiger partial charge in [0.1, 0.15) is 17.7 Å². The van der Waals surface area contributed by atoms with Crippen molar-refractivity contribution in [2.24, 2.45) is 0 Å². The maximum atomic E-state index is 13.0. The predicted octanol–water partition coefficient (Wildman–Crippen LogP) is 3.06. The molecule has 0 spiro atoms. The number of nitrogens with zero attached hydrogens (tertiary/aromatic N) is 4. The number of ether oxygens (including phenoxy) is 2. The summed E-state index contributed by atoms with van der Waals surface area (Å²) in [5.41, 5.74) is 5.07. The van der Waals surface area contributed by atoms with E-state index >= 15 is 0 Å². The van der Waals surface area contributed by atoms with Crippen molar-refractivity contribution in [1.29, 1.82) is 0 Å². The van der Waals surface area contributed by atoms with E-state index in [-0.39, 0.29) is 24.2 Å². The molecule has 4 bridgehead atoms. The monoisotopic (exact) mass is 463 g/mol. The first-order valence-electron chi connectivity index (χ1n) is 11.8. The summed E-state index contributed by atoms with van der Waals surface area (Å²) in [5.74, 6) is 0.629. The number of morpholine rings is 1. The van der Waals surface area contributed by atoms with Crippen LogP contribution in [0.4, 0.5) is 27.7 Å². The molecular weight excluding hydrogens is 434 g/mol. The number of anilines is 4. The number of hydrogen-bond donors (Lipinski definition) is 3. The molecule has 2 fully saturated rings. The molecule has 1 saturated carbocycles. The van der Waals surface area contributed by atoms with E-state index in [1.807, 2.05) is 13.1 Å². The topological polar surface area (TPSA) is 106 Å². The molecule has 6 rings (SSSR count). The van der Waals surface area contributed by atoms with Crippen LogP contribution in [0.1, 0.15) is 25.3 Å². The molecule has 3 aromatic rings. The van der Waals surface area contributed by atoms with Crippen LogP contribution in [0, 0.1) is 0 Å². The molecule has 1 aliphatic carbocycles. The third-order valence-electron chi connectivity index (χ3n) is 6.93. The molecule has 2 aliphatic heterocycles. The Morgan fingerprint density at radius 1 is 1.21 bits per heavy atom. The zero-order chi connectivity index (χ0) is 23.2. The Morgan fingerprint density at radius 3 is 2.91 bits per heavy atom. The zero-order valence-corrected chi connectivity index (χ0v) is 19.4. The maximum Gasteiger partial charge on any atom is 0.328 e. The maximum absolute atomic E-state index is 13.0. The fourth-order valence-corrected chi connectivity index (χ4v) is 4.91. The first-order chi connectivity index (χ1) is 16.6. The highest BCUT2D eigenvalue weighted by Crippen LogP contribution is 2.32. The minimum atomic E-state index is -0.244. The summed E-state index contributed by atoms with van der Waals surface area (Å²) in [6, 6.07) is 8.36. The molecule has 0 radical (unpaired) electrons. The SMILES string of the molecule is CNc1cc2nc3c1ncn3C(=O)N[C@@H]1CC[C@H]1OCc1cc(cc(N3CCOC[C@@H]3C)c1)N2. The summed E-state index contributed by atoms with van der Waals surface area (Å²) < 4.78 is 13.4. The Balaban J connectivity index is 1.46. The summed E-state index contributed by atoms with van der Waals surface area (Å²) >= 11 is 0. The normalized spacial score (nSPS) is 24.6. The Kier molecular flexibility index (Phi) is 5.26. The molecule has 1 amide bonds. The summed E-state index contributed by atoms with van der Waals surface area (Å²) in [4.78, 5) is 24.6. The quantitative estimate of drug-likeness (QED) is 0.533. The molecule has 3 N–H and O–H groups in total. The number of amides is 1. The lowest BCUT2D eigenvalue weighted by Crippen LogP contribution is -2.52. The van der Waals surface area contributed by atoms with E-state index < -0.39 is 0 Å². The van der Waals surface area contributed by atoms with Gasteiger partial charge in [-0.2, -0.15) is 0 Å². The minimum Gasteiger partial charge on any atom is -0.386 e. The molecular formula is C24H29N7O3. The van der Waals surface area contributed by atoms with Crippen LogP contribution < -0.4 is 20.9 Å². The summed E-state index contributed by atoms with van der Waals surface area (Å²) in [6.07, 6.45) is 3.33. The third kappa shape index (κ3) is 3.72. The third-order valence-corrected chi connectivity index (χ3v) is 6.93. The minimum absolute atomic E-state index is 0.0135. The van der Waals surface area contributed by atoms with Gasteiger partial charge in [-0.1, -0.05) is 0 Å². The largest absolute Gasteiger partial charge is 0.386 e. The molecule has 34 heavy (non-hydrogen) atoms. The molecule has 1 aromatic carbocycles. The van der Waals surface area contributed by atoms with E-state index in [4.69, 9.17) is 14.5 Å². The van der Waals surface area contributed by atoms with Crippen molar-refractivity contribution < 1.29 is 14.3 Å².